The summed E-state index contributed by atoms with van der Waals surface area (Å²) in [6.07, 6.45) is 1.76. The average molecular weight is 177 g/mol. The van der Waals surface area contributed by atoms with Crippen LogP contribution in [0.4, 0.5) is 0 Å². The Kier molecular flexibility index (Phi) is 0.991. The van der Waals surface area contributed by atoms with E-state index in [9.17, 15) is 0 Å². The molecule has 6 heteroatoms. The Morgan fingerprint density at radius 3 is 3.33 bits per heavy atom. The molecule has 0 spiro atoms. The lowest BCUT2D eigenvalue weighted by atomic mass is 10.3. The Morgan fingerprint density at radius 1 is 1.33 bits per heavy atom. The average Bonchev–Trinajstić information content (AvgIpc) is 2.71. The van der Waals surface area contributed by atoms with Crippen molar-refractivity contribution in [3.63, 3.8) is 0 Å². The van der Waals surface area contributed by atoms with Crippen LogP contribution in [0.2, 0.25) is 0 Å². The van der Waals surface area contributed by atoms with E-state index in [1.54, 1.807) is 17.5 Å². The van der Waals surface area contributed by atoms with E-state index in [-0.39, 0.29) is 0 Å². The smallest absolute Gasteiger partial charge is 0.155 e. The SMILES string of the molecule is c1nn2nnnc2c2cscc12. The Labute approximate surface area is 70.6 Å². The molecule has 0 unspecified atom stereocenters. The highest BCUT2D eigenvalue weighted by Gasteiger charge is 2.03. The van der Waals surface area contributed by atoms with E-state index in [1.165, 1.54) is 4.63 Å². The lowest BCUT2D eigenvalue weighted by Crippen LogP contribution is -1.92. The molecule has 0 N–H and O–H groups in total. The number of thiophene rings is 1. The molecule has 0 saturated heterocycles. The predicted octanol–water partition coefficient (Wildman–Crippen LogP) is 0.734. The first-order valence-electron chi connectivity index (χ1n) is 3.34. The molecule has 0 radical (unpaired) electrons. The van der Waals surface area contributed by atoms with Gasteiger partial charge in [0.05, 0.1) is 6.20 Å². The third-order valence-corrected chi connectivity index (χ3v) is 2.45. The topological polar surface area (TPSA) is 56.0 Å². The zero-order valence-corrected chi connectivity index (χ0v) is 6.69. The van der Waals surface area contributed by atoms with Gasteiger partial charge in [0.1, 0.15) is 0 Å². The molecule has 3 rings (SSSR count). The maximum absolute atomic E-state index is 4.03. The molecule has 3 aromatic heterocycles. The number of fused-ring (bicyclic) bond motifs is 3. The van der Waals surface area contributed by atoms with Crippen LogP contribution in [0.1, 0.15) is 0 Å². The Bertz CT molecular complexity index is 489. The van der Waals surface area contributed by atoms with Gasteiger partial charge < -0.3 is 0 Å². The fourth-order valence-electron chi connectivity index (χ4n) is 1.13. The van der Waals surface area contributed by atoms with E-state index in [4.69, 9.17) is 0 Å². The van der Waals surface area contributed by atoms with Crippen LogP contribution < -0.4 is 0 Å². The van der Waals surface area contributed by atoms with E-state index >= 15 is 0 Å². The molecule has 0 aliphatic rings. The summed E-state index contributed by atoms with van der Waals surface area (Å²) in [6.45, 7) is 0. The van der Waals surface area contributed by atoms with E-state index in [0.717, 1.165) is 10.8 Å². The van der Waals surface area contributed by atoms with Gasteiger partial charge in [-0.25, -0.2) is 0 Å². The monoisotopic (exact) mass is 177 g/mol. The zero-order valence-electron chi connectivity index (χ0n) is 5.88. The quantitative estimate of drug-likeness (QED) is 0.508. The number of tetrazole rings is 1. The fraction of sp³-hybridized carbons (Fsp3) is 0. The largest absolute Gasteiger partial charge is 0.208 e. The second-order valence-corrected chi connectivity index (χ2v) is 3.12. The van der Waals surface area contributed by atoms with Crippen molar-refractivity contribution in [2.45, 2.75) is 0 Å². The minimum Gasteiger partial charge on any atom is -0.155 e. The van der Waals surface area contributed by atoms with E-state index in [2.05, 4.69) is 20.6 Å². The summed E-state index contributed by atoms with van der Waals surface area (Å²) in [4.78, 5) is 0. The van der Waals surface area contributed by atoms with Gasteiger partial charge in [0.25, 0.3) is 0 Å². The first-order valence-corrected chi connectivity index (χ1v) is 4.29. The Hall–Kier alpha value is -1.56. The van der Waals surface area contributed by atoms with Gasteiger partial charge in [-0.1, -0.05) is 0 Å². The minimum absolute atomic E-state index is 0.716. The molecule has 5 nitrogen and oxygen atoms in total. The molecular formula is C6H3N5S. The number of aromatic nitrogens is 5. The summed E-state index contributed by atoms with van der Waals surface area (Å²) < 4.78 is 1.43. The third-order valence-electron chi connectivity index (χ3n) is 1.69. The van der Waals surface area contributed by atoms with Gasteiger partial charge in [0.2, 0.25) is 5.65 Å². The molecule has 0 aliphatic heterocycles. The van der Waals surface area contributed by atoms with E-state index in [1.807, 2.05) is 10.8 Å². The first-order chi connectivity index (χ1) is 5.95. The highest BCUT2D eigenvalue weighted by Crippen LogP contribution is 2.19. The van der Waals surface area contributed by atoms with Crippen LogP contribution in [-0.2, 0) is 0 Å². The van der Waals surface area contributed by atoms with Crippen molar-refractivity contribution < 1.29 is 0 Å². The summed E-state index contributed by atoms with van der Waals surface area (Å²) in [5.41, 5.74) is 0.716. The second-order valence-electron chi connectivity index (χ2n) is 2.38. The standard InChI is InChI=1S/C6H3N5S/c1-4-2-12-3-5(4)6-8-9-10-11(6)7-1/h1-3H. The van der Waals surface area contributed by atoms with Crippen molar-refractivity contribution in [1.29, 1.82) is 0 Å². The maximum Gasteiger partial charge on any atom is 0.208 e. The van der Waals surface area contributed by atoms with Crippen LogP contribution in [0.15, 0.2) is 17.0 Å². The highest BCUT2D eigenvalue weighted by atomic mass is 32.1. The first kappa shape index (κ1) is 6.01. The molecule has 3 heterocycles. The van der Waals surface area contributed by atoms with Crippen LogP contribution in [0.25, 0.3) is 16.4 Å². The number of hydrogen-bond acceptors (Lipinski definition) is 5. The summed E-state index contributed by atoms with van der Waals surface area (Å²) in [7, 11) is 0. The zero-order chi connectivity index (χ0) is 7.97. The summed E-state index contributed by atoms with van der Waals surface area (Å²) in [5, 5.41) is 21.3. The molecule has 58 valence electrons. The predicted molar refractivity (Wildman–Crippen MR) is 44.0 cm³/mol. The van der Waals surface area contributed by atoms with Crippen LogP contribution >= 0.6 is 11.3 Å². The molecule has 0 aliphatic carbocycles. The van der Waals surface area contributed by atoms with Gasteiger partial charge in [-0.3, -0.25) is 0 Å². The Balaban J connectivity index is 2.71. The van der Waals surface area contributed by atoms with Crippen molar-refractivity contribution in [3.8, 4) is 0 Å². The normalized spacial score (nSPS) is 11.3. The van der Waals surface area contributed by atoms with Gasteiger partial charge in [-0.15, -0.1) is 9.73 Å². The van der Waals surface area contributed by atoms with Gasteiger partial charge >= 0.3 is 0 Å². The van der Waals surface area contributed by atoms with Crippen LogP contribution in [0.3, 0.4) is 0 Å². The van der Waals surface area contributed by atoms with Crippen molar-refractivity contribution in [2.75, 3.05) is 0 Å². The van der Waals surface area contributed by atoms with Gasteiger partial charge in [0.15, 0.2) is 0 Å². The molecule has 0 fully saturated rings. The molecule has 12 heavy (non-hydrogen) atoms. The van der Waals surface area contributed by atoms with Crippen LogP contribution in [0, 0.1) is 0 Å². The molecule has 0 amide bonds. The highest BCUT2D eigenvalue weighted by molar-refractivity contribution is 7.09. The summed E-state index contributed by atoms with van der Waals surface area (Å²) in [5.74, 6) is 0. The van der Waals surface area contributed by atoms with Crippen molar-refractivity contribution in [1.82, 2.24) is 25.3 Å². The van der Waals surface area contributed by atoms with Gasteiger partial charge in [0, 0.05) is 21.5 Å². The van der Waals surface area contributed by atoms with Crippen LogP contribution in [0.5, 0.6) is 0 Å². The lowest BCUT2D eigenvalue weighted by Gasteiger charge is -1.88. The molecule has 3 aromatic rings. The van der Waals surface area contributed by atoms with E-state index in [0.29, 0.717) is 5.65 Å². The van der Waals surface area contributed by atoms with Gasteiger partial charge in [-0.2, -0.15) is 16.4 Å². The fourth-order valence-corrected chi connectivity index (χ4v) is 1.91. The summed E-state index contributed by atoms with van der Waals surface area (Å²) in [6, 6.07) is 0. The van der Waals surface area contributed by atoms with Crippen molar-refractivity contribution >= 4 is 27.8 Å². The Morgan fingerprint density at radius 2 is 2.33 bits per heavy atom. The minimum atomic E-state index is 0.716. The molecule has 0 aromatic carbocycles. The maximum atomic E-state index is 4.03. The van der Waals surface area contributed by atoms with Crippen molar-refractivity contribution in [2.24, 2.45) is 0 Å². The lowest BCUT2D eigenvalue weighted by molar-refractivity contribution is 0.736. The molecule has 0 atom stereocenters. The number of rotatable bonds is 0. The van der Waals surface area contributed by atoms with Gasteiger partial charge in [-0.05, 0) is 10.4 Å². The van der Waals surface area contributed by atoms with E-state index < -0.39 is 0 Å². The number of hydrogen-bond donors (Lipinski definition) is 0. The van der Waals surface area contributed by atoms with Crippen LogP contribution in [-0.4, -0.2) is 25.3 Å². The molecule has 0 bridgehead atoms. The second kappa shape index (κ2) is 1.98. The third kappa shape index (κ3) is 0.620. The molecule has 0 saturated carbocycles. The summed E-state index contributed by atoms with van der Waals surface area (Å²) >= 11 is 1.62. The number of nitrogens with zero attached hydrogens (tertiary/aromatic N) is 5. The molecular weight excluding hydrogens is 174 g/mol. The van der Waals surface area contributed by atoms with Crippen molar-refractivity contribution in [3.05, 3.63) is 17.0 Å².